The summed E-state index contributed by atoms with van der Waals surface area (Å²) in [5, 5.41) is 14.1. The van der Waals surface area contributed by atoms with Crippen molar-refractivity contribution >= 4 is 23.9 Å². The number of nitrogens with one attached hydrogen (secondary N) is 2. The summed E-state index contributed by atoms with van der Waals surface area (Å²) in [6.45, 7) is -0.308. The summed E-state index contributed by atoms with van der Waals surface area (Å²) in [5.74, 6) is -2.72. The number of carboxylic acid groups (broad SMARTS) is 1. The Kier molecular flexibility index (Phi) is 8.71. The minimum absolute atomic E-state index is 0.0772. The van der Waals surface area contributed by atoms with E-state index in [1.54, 1.807) is 12.1 Å². The predicted molar refractivity (Wildman–Crippen MR) is 138 cm³/mol. The van der Waals surface area contributed by atoms with E-state index in [1.807, 2.05) is 66.7 Å². The van der Waals surface area contributed by atoms with Crippen molar-refractivity contribution in [2.45, 2.75) is 31.4 Å². The first kappa shape index (κ1) is 26.4. The number of esters is 1. The number of alkyl carbamates (subject to hydrolysis) is 1. The van der Waals surface area contributed by atoms with Crippen molar-refractivity contribution in [3.63, 3.8) is 0 Å². The van der Waals surface area contributed by atoms with Crippen LogP contribution in [0.15, 0.2) is 78.9 Å². The quantitative estimate of drug-likeness (QED) is 0.332. The molecule has 38 heavy (non-hydrogen) atoms. The maximum atomic E-state index is 12.3. The second-order valence-corrected chi connectivity index (χ2v) is 8.82. The molecule has 0 saturated carbocycles. The van der Waals surface area contributed by atoms with Gasteiger partial charge in [-0.05, 0) is 34.2 Å². The van der Waals surface area contributed by atoms with Gasteiger partial charge in [-0.25, -0.2) is 9.59 Å². The van der Waals surface area contributed by atoms with E-state index in [0.29, 0.717) is 0 Å². The number of carbonyl (C=O) groups is 4. The summed E-state index contributed by atoms with van der Waals surface area (Å²) in [5.41, 5.74) is 5.13. The summed E-state index contributed by atoms with van der Waals surface area (Å²) in [4.78, 5) is 48.0. The molecule has 196 valence electrons. The predicted octanol–water partition coefficient (Wildman–Crippen LogP) is 3.62. The lowest BCUT2D eigenvalue weighted by Crippen LogP contribution is -2.45. The zero-order valence-corrected chi connectivity index (χ0v) is 20.6. The van der Waals surface area contributed by atoms with Gasteiger partial charge in [0.25, 0.3) is 0 Å². The van der Waals surface area contributed by atoms with E-state index in [0.717, 1.165) is 27.8 Å². The second-order valence-electron chi connectivity index (χ2n) is 8.82. The summed E-state index contributed by atoms with van der Waals surface area (Å²) in [7, 11) is 0. The topological polar surface area (TPSA) is 131 Å². The molecule has 0 fully saturated rings. The Morgan fingerprint density at radius 2 is 1.42 bits per heavy atom. The Morgan fingerprint density at radius 1 is 0.816 bits per heavy atom. The Hall–Kier alpha value is -4.66. The van der Waals surface area contributed by atoms with Crippen molar-refractivity contribution in [2.24, 2.45) is 0 Å². The van der Waals surface area contributed by atoms with Crippen LogP contribution < -0.4 is 10.6 Å². The van der Waals surface area contributed by atoms with Crippen LogP contribution in [0.4, 0.5) is 4.79 Å². The highest BCUT2D eigenvalue weighted by Gasteiger charge is 2.29. The van der Waals surface area contributed by atoms with Crippen LogP contribution in [-0.2, 0) is 30.5 Å². The average Bonchev–Trinajstić information content (AvgIpc) is 3.26. The summed E-state index contributed by atoms with van der Waals surface area (Å²) in [6.07, 6.45) is -1.14. The largest absolute Gasteiger partial charge is 0.480 e. The van der Waals surface area contributed by atoms with Crippen LogP contribution in [0.5, 0.6) is 0 Å². The third-order valence-electron chi connectivity index (χ3n) is 6.25. The number of carboxylic acids is 1. The molecule has 1 atom stereocenters. The van der Waals surface area contributed by atoms with Crippen LogP contribution in [0.1, 0.15) is 35.4 Å². The molecule has 3 N–H and O–H groups in total. The number of ether oxygens (including phenoxy) is 2. The minimum atomic E-state index is -1.31. The zero-order chi connectivity index (χ0) is 26.9. The molecule has 0 spiro atoms. The molecule has 2 amide bonds. The molecule has 0 saturated heterocycles. The number of aliphatic carboxylic acids is 1. The third kappa shape index (κ3) is 6.76. The third-order valence-corrected chi connectivity index (χ3v) is 6.25. The van der Waals surface area contributed by atoms with Crippen LogP contribution in [0.3, 0.4) is 0 Å². The van der Waals surface area contributed by atoms with E-state index in [4.69, 9.17) is 9.47 Å². The first-order valence-electron chi connectivity index (χ1n) is 12.2. The molecule has 3 aromatic carbocycles. The average molecular weight is 517 g/mol. The molecule has 0 aromatic heterocycles. The molecule has 9 nitrogen and oxygen atoms in total. The Balaban J connectivity index is 1.20. The maximum absolute atomic E-state index is 12.3. The molecular weight excluding hydrogens is 488 g/mol. The maximum Gasteiger partial charge on any atom is 0.407 e. The van der Waals surface area contributed by atoms with Crippen LogP contribution in [-0.4, -0.2) is 48.2 Å². The summed E-state index contributed by atoms with van der Waals surface area (Å²) >= 11 is 0. The number of benzene rings is 3. The normalized spacial score (nSPS) is 12.5. The van der Waals surface area contributed by atoms with Gasteiger partial charge in [-0.2, -0.15) is 0 Å². The SMILES string of the molecule is O=C(CNC(=O)OCC1c2ccccc2-c2ccccc21)NC(CCC(=O)OCc1ccccc1)C(=O)O. The number of hydrogen-bond donors (Lipinski definition) is 3. The van der Waals surface area contributed by atoms with Gasteiger partial charge in [-0.1, -0.05) is 78.9 Å². The highest BCUT2D eigenvalue weighted by atomic mass is 16.5. The van der Waals surface area contributed by atoms with E-state index in [-0.39, 0.29) is 32.0 Å². The Bertz CT molecular complexity index is 1260. The van der Waals surface area contributed by atoms with Crippen LogP contribution >= 0.6 is 0 Å². The first-order chi connectivity index (χ1) is 18.4. The zero-order valence-electron chi connectivity index (χ0n) is 20.6. The smallest absolute Gasteiger partial charge is 0.407 e. The van der Waals surface area contributed by atoms with Gasteiger partial charge in [0.05, 0.1) is 0 Å². The van der Waals surface area contributed by atoms with Gasteiger partial charge in [-0.3, -0.25) is 9.59 Å². The number of hydrogen-bond acceptors (Lipinski definition) is 6. The molecule has 1 unspecified atom stereocenters. The molecule has 3 aromatic rings. The fraction of sp³-hybridized carbons (Fsp3) is 0.241. The number of rotatable bonds is 11. The molecule has 0 heterocycles. The van der Waals surface area contributed by atoms with E-state index in [2.05, 4.69) is 10.6 Å². The molecule has 1 aliphatic rings. The lowest BCUT2D eigenvalue weighted by molar-refractivity contribution is -0.146. The molecule has 0 aliphatic heterocycles. The lowest BCUT2D eigenvalue weighted by Gasteiger charge is -2.16. The highest BCUT2D eigenvalue weighted by molar-refractivity contribution is 5.87. The fourth-order valence-electron chi connectivity index (χ4n) is 4.38. The summed E-state index contributed by atoms with van der Waals surface area (Å²) < 4.78 is 10.5. The first-order valence-corrected chi connectivity index (χ1v) is 12.2. The van der Waals surface area contributed by atoms with Crippen molar-refractivity contribution in [2.75, 3.05) is 13.2 Å². The number of amides is 2. The van der Waals surface area contributed by atoms with Gasteiger partial charge in [0.2, 0.25) is 5.91 Å². The van der Waals surface area contributed by atoms with Gasteiger partial charge in [-0.15, -0.1) is 0 Å². The highest BCUT2D eigenvalue weighted by Crippen LogP contribution is 2.44. The molecule has 0 bridgehead atoms. The fourth-order valence-corrected chi connectivity index (χ4v) is 4.38. The summed E-state index contributed by atoms with van der Waals surface area (Å²) in [6, 6.07) is 23.6. The van der Waals surface area contributed by atoms with Gasteiger partial charge >= 0.3 is 18.0 Å². The van der Waals surface area contributed by atoms with Crippen molar-refractivity contribution in [1.82, 2.24) is 10.6 Å². The molecule has 9 heteroatoms. The van der Waals surface area contributed by atoms with E-state index in [9.17, 15) is 24.3 Å². The van der Waals surface area contributed by atoms with Gasteiger partial charge in [0.15, 0.2) is 0 Å². The van der Waals surface area contributed by atoms with Crippen LogP contribution in [0.25, 0.3) is 11.1 Å². The number of carbonyl (C=O) groups excluding carboxylic acids is 3. The monoisotopic (exact) mass is 516 g/mol. The molecule has 0 radical (unpaired) electrons. The molecule has 4 rings (SSSR count). The van der Waals surface area contributed by atoms with Gasteiger partial charge in [0.1, 0.15) is 25.8 Å². The van der Waals surface area contributed by atoms with Gasteiger partial charge in [0, 0.05) is 12.3 Å². The standard InChI is InChI=1S/C29H28N2O7/c32-26(31-25(28(34)35)14-15-27(33)37-17-19-8-2-1-3-9-19)16-30-29(36)38-18-24-22-12-6-4-10-20(22)21-11-5-7-13-23(21)24/h1-13,24-25H,14-18H2,(H,30,36)(H,31,32)(H,34,35). The van der Waals surface area contributed by atoms with E-state index in [1.165, 1.54) is 0 Å². The molecular formula is C29H28N2O7. The van der Waals surface area contributed by atoms with Crippen molar-refractivity contribution in [1.29, 1.82) is 0 Å². The second kappa shape index (κ2) is 12.5. The van der Waals surface area contributed by atoms with E-state index < -0.39 is 36.5 Å². The Labute approximate surface area is 219 Å². The number of fused-ring (bicyclic) bond motifs is 3. The van der Waals surface area contributed by atoms with Gasteiger partial charge < -0.3 is 25.2 Å². The van der Waals surface area contributed by atoms with Crippen LogP contribution in [0, 0.1) is 0 Å². The van der Waals surface area contributed by atoms with E-state index >= 15 is 0 Å². The molecule has 1 aliphatic carbocycles. The van der Waals surface area contributed by atoms with Crippen molar-refractivity contribution in [3.05, 3.63) is 95.6 Å². The lowest BCUT2D eigenvalue weighted by atomic mass is 9.98. The van der Waals surface area contributed by atoms with Crippen LogP contribution in [0.2, 0.25) is 0 Å². The Morgan fingerprint density at radius 3 is 2.05 bits per heavy atom. The minimum Gasteiger partial charge on any atom is -0.480 e. The van der Waals surface area contributed by atoms with Crippen molar-refractivity contribution < 1.29 is 33.8 Å². The van der Waals surface area contributed by atoms with Crippen molar-refractivity contribution in [3.8, 4) is 11.1 Å².